The molecule has 0 aliphatic heterocycles. The minimum absolute atomic E-state index is 0.150. The number of phenols is 1. The van der Waals surface area contributed by atoms with Crippen LogP contribution in [0, 0.1) is 0 Å². The lowest BCUT2D eigenvalue weighted by Crippen LogP contribution is -2.07. The van der Waals surface area contributed by atoms with Crippen LogP contribution in [-0.2, 0) is 0 Å². The third-order valence-corrected chi connectivity index (χ3v) is 6.67. The Kier molecular flexibility index (Phi) is 8.18. The van der Waals surface area contributed by atoms with E-state index in [1.165, 1.54) is 0 Å². The Hall–Kier alpha value is -6.43. The molecule has 6 rings (SSSR count). The molecule has 0 amide bonds. The molecule has 224 valence electrons. The van der Waals surface area contributed by atoms with E-state index in [9.17, 15) is 5.11 Å². The number of nitrogens with two attached hydrogens (primary N) is 1. The number of hydrogen-bond acceptors (Lipinski definition) is 12. The zero-order valence-electron chi connectivity index (χ0n) is 24.4. The van der Waals surface area contributed by atoms with Gasteiger partial charge in [0.2, 0.25) is 23.8 Å². The van der Waals surface area contributed by atoms with E-state index in [4.69, 9.17) is 15.2 Å². The van der Waals surface area contributed by atoms with Crippen molar-refractivity contribution in [2.75, 3.05) is 35.9 Å². The first kappa shape index (κ1) is 28.7. The van der Waals surface area contributed by atoms with Gasteiger partial charge < -0.3 is 36.3 Å². The van der Waals surface area contributed by atoms with Crippen LogP contribution in [0.25, 0.3) is 22.5 Å². The first-order valence-corrected chi connectivity index (χ1v) is 13.8. The fourth-order valence-corrected chi connectivity index (χ4v) is 4.40. The molecule has 6 N–H and O–H groups in total. The largest absolute Gasteiger partial charge is 0.508 e. The summed E-state index contributed by atoms with van der Waals surface area (Å²) in [5.74, 6) is 2.80. The summed E-state index contributed by atoms with van der Waals surface area (Å²) in [7, 11) is 3.24. The second-order valence-corrected chi connectivity index (χ2v) is 9.76. The molecule has 0 aliphatic carbocycles. The molecule has 0 atom stereocenters. The van der Waals surface area contributed by atoms with Crippen molar-refractivity contribution in [3.8, 4) is 39.8 Å². The van der Waals surface area contributed by atoms with Crippen molar-refractivity contribution in [1.29, 1.82) is 0 Å². The Balaban J connectivity index is 1.25. The topological polar surface area (TPSA) is 165 Å². The fourth-order valence-electron chi connectivity index (χ4n) is 4.40. The average molecular weight is 600 g/mol. The van der Waals surface area contributed by atoms with Crippen LogP contribution < -0.4 is 31.2 Å². The summed E-state index contributed by atoms with van der Waals surface area (Å²) < 4.78 is 10.5. The van der Waals surface area contributed by atoms with Gasteiger partial charge in [0, 0.05) is 28.2 Å². The lowest BCUT2D eigenvalue weighted by atomic mass is 10.1. The monoisotopic (exact) mass is 599 g/mol. The SMILES string of the molecule is COc1ccc(Nc2nc(Nc3ccc(OC)cc3)nc(Nc3ccc(-c4cc(-c5ccc(O)cc5)nc(N)n4)cc3)n2)cc1. The molecule has 0 saturated heterocycles. The van der Waals surface area contributed by atoms with Gasteiger partial charge in [0.1, 0.15) is 17.2 Å². The predicted molar refractivity (Wildman–Crippen MR) is 175 cm³/mol. The summed E-state index contributed by atoms with van der Waals surface area (Å²) in [6, 6.07) is 31.1. The number of rotatable bonds is 10. The highest BCUT2D eigenvalue weighted by Crippen LogP contribution is 2.28. The van der Waals surface area contributed by atoms with Gasteiger partial charge in [0.05, 0.1) is 25.6 Å². The Bertz CT molecular complexity index is 1830. The standard InChI is InChI=1S/C33H29N9O3/c1-44-26-15-9-23(10-16-26)36-32-40-31(41-33(42-32)37-24-11-17-27(45-2)18-12-24)35-22-7-3-20(4-8-22)28-19-29(39-30(34)38-28)21-5-13-25(43)14-6-21/h3-19,43H,1-2H3,(H2,34,38,39)(H3,35,36,37,40,41,42). The molecule has 0 radical (unpaired) electrons. The molecular formula is C33H29N9O3. The highest BCUT2D eigenvalue weighted by molar-refractivity contribution is 5.71. The van der Waals surface area contributed by atoms with Crippen molar-refractivity contribution in [2.45, 2.75) is 0 Å². The second kappa shape index (κ2) is 12.8. The quantitative estimate of drug-likeness (QED) is 0.116. The van der Waals surface area contributed by atoms with Crippen molar-refractivity contribution >= 4 is 40.9 Å². The van der Waals surface area contributed by atoms with Gasteiger partial charge in [0.15, 0.2) is 0 Å². The number of ether oxygens (including phenoxy) is 2. The number of nitrogen functional groups attached to an aromatic ring is 1. The van der Waals surface area contributed by atoms with E-state index in [1.807, 2.05) is 78.9 Å². The second-order valence-electron chi connectivity index (χ2n) is 9.76. The molecule has 0 unspecified atom stereocenters. The zero-order chi connectivity index (χ0) is 31.2. The average Bonchev–Trinajstić information content (AvgIpc) is 3.06. The van der Waals surface area contributed by atoms with Gasteiger partial charge in [0.25, 0.3) is 0 Å². The highest BCUT2D eigenvalue weighted by Gasteiger charge is 2.11. The van der Waals surface area contributed by atoms with E-state index in [0.717, 1.165) is 39.7 Å². The summed E-state index contributed by atoms with van der Waals surface area (Å²) >= 11 is 0. The molecule has 12 heteroatoms. The molecule has 45 heavy (non-hydrogen) atoms. The Morgan fingerprint density at radius 3 is 1.24 bits per heavy atom. The first-order chi connectivity index (χ1) is 21.9. The normalized spacial score (nSPS) is 10.6. The van der Waals surface area contributed by atoms with Crippen LogP contribution in [0.2, 0.25) is 0 Å². The molecule has 12 nitrogen and oxygen atoms in total. The number of hydrogen-bond donors (Lipinski definition) is 5. The van der Waals surface area contributed by atoms with Gasteiger partial charge in [-0.3, -0.25) is 0 Å². The maximum atomic E-state index is 9.63. The number of aromatic hydroxyl groups is 1. The Labute approximate surface area is 259 Å². The molecular weight excluding hydrogens is 570 g/mol. The van der Waals surface area contributed by atoms with Crippen LogP contribution in [0.1, 0.15) is 0 Å². The molecule has 4 aromatic carbocycles. The predicted octanol–water partition coefficient (Wildman–Crippen LogP) is 6.53. The van der Waals surface area contributed by atoms with Gasteiger partial charge in [-0.1, -0.05) is 12.1 Å². The lowest BCUT2D eigenvalue weighted by molar-refractivity contribution is 0.415. The molecule has 0 bridgehead atoms. The highest BCUT2D eigenvalue weighted by atomic mass is 16.5. The van der Waals surface area contributed by atoms with E-state index in [2.05, 4.69) is 40.9 Å². The summed E-state index contributed by atoms with van der Waals surface area (Å²) in [6.07, 6.45) is 0. The number of nitrogens with zero attached hydrogens (tertiary/aromatic N) is 5. The van der Waals surface area contributed by atoms with Crippen LogP contribution in [0.4, 0.5) is 40.9 Å². The van der Waals surface area contributed by atoms with E-state index in [1.54, 1.807) is 38.5 Å². The maximum absolute atomic E-state index is 9.63. The van der Waals surface area contributed by atoms with E-state index in [0.29, 0.717) is 29.2 Å². The Morgan fingerprint density at radius 2 is 0.867 bits per heavy atom. The van der Waals surface area contributed by atoms with Crippen LogP contribution in [-0.4, -0.2) is 44.2 Å². The minimum Gasteiger partial charge on any atom is -0.508 e. The smallest absolute Gasteiger partial charge is 0.233 e. The molecule has 0 fully saturated rings. The number of benzene rings is 4. The molecule has 0 aliphatic rings. The molecule has 6 aromatic rings. The first-order valence-electron chi connectivity index (χ1n) is 13.8. The minimum atomic E-state index is 0.150. The van der Waals surface area contributed by atoms with Gasteiger partial charge >= 0.3 is 0 Å². The van der Waals surface area contributed by atoms with Crippen LogP contribution in [0.15, 0.2) is 103 Å². The number of methoxy groups -OCH3 is 2. The molecule has 2 aromatic heterocycles. The molecule has 2 heterocycles. The van der Waals surface area contributed by atoms with E-state index < -0.39 is 0 Å². The van der Waals surface area contributed by atoms with Crippen molar-refractivity contribution in [2.24, 2.45) is 0 Å². The molecule has 0 spiro atoms. The summed E-state index contributed by atoms with van der Waals surface area (Å²) in [5.41, 5.74) is 11.3. The van der Waals surface area contributed by atoms with Crippen molar-refractivity contribution < 1.29 is 14.6 Å². The van der Waals surface area contributed by atoms with Gasteiger partial charge in [-0.05, 0) is 91.0 Å². The fraction of sp³-hybridized carbons (Fsp3) is 0.0606. The van der Waals surface area contributed by atoms with Crippen LogP contribution in [0.5, 0.6) is 17.2 Å². The van der Waals surface area contributed by atoms with Gasteiger partial charge in [-0.25, -0.2) is 9.97 Å². The number of phenolic OH excluding ortho intramolecular Hbond substituents is 1. The summed E-state index contributed by atoms with van der Waals surface area (Å²) in [4.78, 5) is 22.5. The molecule has 0 saturated carbocycles. The summed E-state index contributed by atoms with van der Waals surface area (Å²) in [5, 5.41) is 19.3. The Morgan fingerprint density at radius 1 is 0.511 bits per heavy atom. The number of anilines is 7. The third-order valence-electron chi connectivity index (χ3n) is 6.67. The van der Waals surface area contributed by atoms with Crippen molar-refractivity contribution in [1.82, 2.24) is 24.9 Å². The van der Waals surface area contributed by atoms with Gasteiger partial charge in [-0.2, -0.15) is 15.0 Å². The number of nitrogens with one attached hydrogen (secondary N) is 3. The van der Waals surface area contributed by atoms with Crippen molar-refractivity contribution in [3.63, 3.8) is 0 Å². The van der Waals surface area contributed by atoms with Crippen LogP contribution in [0.3, 0.4) is 0 Å². The lowest BCUT2D eigenvalue weighted by Gasteiger charge is -2.12. The third kappa shape index (κ3) is 7.14. The summed E-state index contributed by atoms with van der Waals surface area (Å²) in [6.45, 7) is 0. The van der Waals surface area contributed by atoms with Crippen molar-refractivity contribution in [3.05, 3.63) is 103 Å². The van der Waals surface area contributed by atoms with E-state index in [-0.39, 0.29) is 11.7 Å². The zero-order valence-corrected chi connectivity index (χ0v) is 24.4. The van der Waals surface area contributed by atoms with Crippen LogP contribution >= 0.6 is 0 Å². The van der Waals surface area contributed by atoms with Gasteiger partial charge in [-0.15, -0.1) is 0 Å². The van der Waals surface area contributed by atoms with E-state index >= 15 is 0 Å². The number of aromatic nitrogens is 5. The maximum Gasteiger partial charge on any atom is 0.233 e.